The Morgan fingerprint density at radius 1 is 1.39 bits per heavy atom. The summed E-state index contributed by atoms with van der Waals surface area (Å²) >= 11 is 3.54. The number of thiophene rings is 1. The largest absolute Gasteiger partial charge is 0.354 e. The van der Waals surface area contributed by atoms with Crippen LogP contribution in [-0.4, -0.2) is 21.8 Å². The minimum Gasteiger partial charge on any atom is -0.354 e. The van der Waals surface area contributed by atoms with E-state index in [9.17, 15) is 0 Å². The SMILES string of the molecule is CCCNc1nc(SC(C)C)c2cc(C)sc2n1. The first-order chi connectivity index (χ1) is 8.60. The number of aromatic nitrogens is 2. The molecule has 2 heterocycles. The molecule has 98 valence electrons. The summed E-state index contributed by atoms with van der Waals surface area (Å²) in [5.41, 5.74) is 0. The lowest BCUT2D eigenvalue weighted by Crippen LogP contribution is -2.05. The Hall–Kier alpha value is -0.810. The number of hydrogen-bond donors (Lipinski definition) is 1. The summed E-state index contributed by atoms with van der Waals surface area (Å²) in [5.74, 6) is 0.759. The lowest BCUT2D eigenvalue weighted by Gasteiger charge is -2.08. The number of aryl methyl sites for hydroxylation is 1. The van der Waals surface area contributed by atoms with Gasteiger partial charge in [-0.25, -0.2) is 9.97 Å². The Morgan fingerprint density at radius 2 is 2.17 bits per heavy atom. The van der Waals surface area contributed by atoms with E-state index in [0.29, 0.717) is 5.25 Å². The predicted molar refractivity (Wildman–Crippen MR) is 81.9 cm³/mol. The van der Waals surface area contributed by atoms with Crippen molar-refractivity contribution in [2.75, 3.05) is 11.9 Å². The van der Waals surface area contributed by atoms with Crippen LogP contribution < -0.4 is 5.32 Å². The number of anilines is 1. The third-order valence-corrected chi connectivity index (χ3v) is 4.31. The van der Waals surface area contributed by atoms with Crippen molar-refractivity contribution in [1.82, 2.24) is 9.97 Å². The van der Waals surface area contributed by atoms with Crippen LogP contribution in [0.15, 0.2) is 11.1 Å². The molecule has 1 N–H and O–H groups in total. The van der Waals surface area contributed by atoms with Crippen LogP contribution in [0.25, 0.3) is 10.2 Å². The molecule has 0 fully saturated rings. The summed E-state index contributed by atoms with van der Waals surface area (Å²) < 4.78 is 0. The highest BCUT2D eigenvalue weighted by molar-refractivity contribution is 8.00. The lowest BCUT2D eigenvalue weighted by atomic mass is 10.4. The van der Waals surface area contributed by atoms with Crippen molar-refractivity contribution in [1.29, 1.82) is 0 Å². The molecule has 0 saturated heterocycles. The predicted octanol–water partition coefficient (Wildman–Crippen LogP) is 4.32. The molecule has 0 saturated carbocycles. The lowest BCUT2D eigenvalue weighted by molar-refractivity contribution is 0.945. The van der Waals surface area contributed by atoms with Crippen LogP contribution in [0.4, 0.5) is 5.95 Å². The number of hydrogen-bond acceptors (Lipinski definition) is 5. The molecular weight excluding hydrogens is 262 g/mol. The number of rotatable bonds is 5. The first-order valence-corrected chi connectivity index (χ1v) is 7.98. The average molecular weight is 281 g/mol. The van der Waals surface area contributed by atoms with Crippen LogP contribution in [0.3, 0.4) is 0 Å². The highest BCUT2D eigenvalue weighted by Gasteiger charge is 2.12. The van der Waals surface area contributed by atoms with Crippen molar-refractivity contribution in [3.05, 3.63) is 10.9 Å². The van der Waals surface area contributed by atoms with E-state index in [1.165, 1.54) is 10.3 Å². The van der Waals surface area contributed by atoms with E-state index in [4.69, 9.17) is 0 Å². The molecule has 0 aliphatic heterocycles. The quantitative estimate of drug-likeness (QED) is 0.654. The molecule has 2 aromatic rings. The number of nitrogens with zero attached hydrogens (tertiary/aromatic N) is 2. The fourth-order valence-electron chi connectivity index (χ4n) is 1.64. The first-order valence-electron chi connectivity index (χ1n) is 6.29. The van der Waals surface area contributed by atoms with Crippen molar-refractivity contribution < 1.29 is 0 Å². The average Bonchev–Trinajstić information content (AvgIpc) is 2.66. The van der Waals surface area contributed by atoms with E-state index < -0.39 is 0 Å². The summed E-state index contributed by atoms with van der Waals surface area (Å²) in [6, 6.07) is 2.19. The van der Waals surface area contributed by atoms with E-state index in [0.717, 1.165) is 28.8 Å². The maximum Gasteiger partial charge on any atom is 0.225 e. The van der Waals surface area contributed by atoms with Crippen molar-refractivity contribution >= 4 is 39.3 Å². The molecule has 0 spiro atoms. The molecule has 18 heavy (non-hydrogen) atoms. The molecule has 0 unspecified atom stereocenters. The van der Waals surface area contributed by atoms with Gasteiger partial charge in [-0.3, -0.25) is 0 Å². The Kier molecular flexibility index (Phi) is 4.45. The fraction of sp³-hybridized carbons (Fsp3) is 0.538. The number of thioether (sulfide) groups is 1. The molecule has 0 radical (unpaired) electrons. The highest BCUT2D eigenvalue weighted by Crippen LogP contribution is 2.33. The molecule has 5 heteroatoms. The second kappa shape index (κ2) is 5.89. The van der Waals surface area contributed by atoms with E-state index in [1.807, 2.05) is 0 Å². The monoisotopic (exact) mass is 281 g/mol. The minimum absolute atomic E-state index is 0.530. The van der Waals surface area contributed by atoms with Gasteiger partial charge in [0.15, 0.2) is 0 Å². The van der Waals surface area contributed by atoms with E-state index in [2.05, 4.69) is 49.0 Å². The van der Waals surface area contributed by atoms with Gasteiger partial charge in [-0.15, -0.1) is 23.1 Å². The molecule has 2 rings (SSSR count). The van der Waals surface area contributed by atoms with E-state index in [-0.39, 0.29) is 0 Å². The van der Waals surface area contributed by atoms with Gasteiger partial charge in [0.1, 0.15) is 9.86 Å². The van der Waals surface area contributed by atoms with Gasteiger partial charge in [0.05, 0.1) is 0 Å². The smallest absolute Gasteiger partial charge is 0.225 e. The van der Waals surface area contributed by atoms with E-state index >= 15 is 0 Å². The molecule has 0 bridgehead atoms. The van der Waals surface area contributed by atoms with Gasteiger partial charge in [0.2, 0.25) is 5.95 Å². The van der Waals surface area contributed by atoms with Gasteiger partial charge in [0.25, 0.3) is 0 Å². The van der Waals surface area contributed by atoms with Gasteiger partial charge in [-0.2, -0.15) is 0 Å². The van der Waals surface area contributed by atoms with Crippen LogP contribution in [0.1, 0.15) is 32.1 Å². The van der Waals surface area contributed by atoms with Crippen molar-refractivity contribution in [3.63, 3.8) is 0 Å². The third-order valence-electron chi connectivity index (χ3n) is 2.36. The van der Waals surface area contributed by atoms with Gasteiger partial charge >= 0.3 is 0 Å². The Balaban J connectivity index is 2.42. The summed E-state index contributed by atoms with van der Waals surface area (Å²) in [6.07, 6.45) is 1.08. The topological polar surface area (TPSA) is 37.8 Å². The maximum atomic E-state index is 4.64. The summed E-state index contributed by atoms with van der Waals surface area (Å²) in [5, 5.41) is 6.10. The first kappa shape index (κ1) is 13.6. The molecule has 0 aliphatic carbocycles. The van der Waals surface area contributed by atoms with Gasteiger partial charge in [-0.05, 0) is 19.4 Å². The molecule has 0 aromatic carbocycles. The molecule has 0 amide bonds. The second-order valence-electron chi connectivity index (χ2n) is 4.52. The van der Waals surface area contributed by atoms with Crippen molar-refractivity contribution in [3.8, 4) is 0 Å². The van der Waals surface area contributed by atoms with E-state index in [1.54, 1.807) is 23.1 Å². The highest BCUT2D eigenvalue weighted by atomic mass is 32.2. The molecule has 0 aliphatic rings. The zero-order valence-corrected chi connectivity index (χ0v) is 12.9. The van der Waals surface area contributed by atoms with Crippen LogP contribution in [0.2, 0.25) is 0 Å². The van der Waals surface area contributed by atoms with Gasteiger partial charge in [-0.1, -0.05) is 20.8 Å². The van der Waals surface area contributed by atoms with Crippen LogP contribution in [-0.2, 0) is 0 Å². The maximum absolute atomic E-state index is 4.64. The second-order valence-corrected chi connectivity index (χ2v) is 7.32. The van der Waals surface area contributed by atoms with Crippen LogP contribution >= 0.6 is 23.1 Å². The van der Waals surface area contributed by atoms with Crippen LogP contribution in [0, 0.1) is 6.92 Å². The summed E-state index contributed by atoms with van der Waals surface area (Å²) in [6.45, 7) is 9.56. The van der Waals surface area contributed by atoms with Crippen LogP contribution in [0.5, 0.6) is 0 Å². The fourth-order valence-corrected chi connectivity index (χ4v) is 3.46. The van der Waals surface area contributed by atoms with Crippen molar-refractivity contribution in [2.45, 2.75) is 44.4 Å². The zero-order valence-electron chi connectivity index (χ0n) is 11.3. The third kappa shape index (κ3) is 3.14. The molecular formula is C13H19N3S2. The number of nitrogens with one attached hydrogen (secondary N) is 1. The Labute approximate surface area is 116 Å². The zero-order chi connectivity index (χ0) is 13.1. The standard InChI is InChI=1S/C13H19N3S2/c1-5-6-14-13-15-11(17-8(2)3)10-7-9(4)18-12(10)16-13/h7-8H,5-6H2,1-4H3,(H,14,15,16). The Bertz CT molecular complexity index is 534. The summed E-state index contributed by atoms with van der Waals surface area (Å²) in [7, 11) is 0. The Morgan fingerprint density at radius 3 is 2.83 bits per heavy atom. The molecule has 3 nitrogen and oxygen atoms in total. The molecule has 2 aromatic heterocycles. The van der Waals surface area contributed by atoms with Crippen molar-refractivity contribution in [2.24, 2.45) is 0 Å². The van der Waals surface area contributed by atoms with Gasteiger partial charge in [0, 0.05) is 22.1 Å². The minimum atomic E-state index is 0.530. The molecule has 0 atom stereocenters. The number of fused-ring (bicyclic) bond motifs is 1. The van der Waals surface area contributed by atoms with Gasteiger partial charge < -0.3 is 5.32 Å². The normalized spacial score (nSPS) is 11.4. The summed E-state index contributed by atoms with van der Waals surface area (Å²) in [4.78, 5) is 11.6.